The van der Waals surface area contributed by atoms with Crippen LogP contribution in [0, 0.1) is 0 Å². The van der Waals surface area contributed by atoms with Gasteiger partial charge in [-0.25, -0.2) is 22.4 Å². The van der Waals surface area contributed by atoms with Gasteiger partial charge in [-0.2, -0.15) is 5.10 Å². The first kappa shape index (κ1) is 17.6. The summed E-state index contributed by atoms with van der Waals surface area (Å²) in [6.07, 6.45) is 6.10. The summed E-state index contributed by atoms with van der Waals surface area (Å²) in [5.74, 6) is -0.932. The van der Waals surface area contributed by atoms with Gasteiger partial charge in [0.1, 0.15) is 6.33 Å². The van der Waals surface area contributed by atoms with Crippen molar-refractivity contribution in [2.24, 2.45) is 0 Å². The first-order chi connectivity index (χ1) is 12.9. The molecule has 0 amide bonds. The van der Waals surface area contributed by atoms with Crippen LogP contribution in [0.15, 0.2) is 31.0 Å². The van der Waals surface area contributed by atoms with Crippen LogP contribution in [0.4, 0.5) is 0 Å². The lowest BCUT2D eigenvalue weighted by atomic mass is 9.89. The highest BCUT2D eigenvalue weighted by Gasteiger charge is 2.41. The fraction of sp³-hybridized carbons (Fsp3) is 0.375. The van der Waals surface area contributed by atoms with Crippen LogP contribution in [-0.4, -0.2) is 62.1 Å². The molecule has 1 aliphatic rings. The third kappa shape index (κ3) is 2.79. The van der Waals surface area contributed by atoms with Crippen LogP contribution in [-0.2, 0) is 20.4 Å². The number of aromatic nitrogens is 5. The highest BCUT2D eigenvalue weighted by Crippen LogP contribution is 2.30. The fourth-order valence-corrected chi connectivity index (χ4v) is 4.22. The smallest absolute Gasteiger partial charge is 0.305 e. The van der Waals surface area contributed by atoms with Crippen molar-refractivity contribution in [2.75, 3.05) is 18.8 Å². The van der Waals surface area contributed by atoms with Gasteiger partial charge in [0.15, 0.2) is 5.65 Å². The van der Waals surface area contributed by atoms with E-state index >= 15 is 0 Å². The molecule has 142 valence electrons. The van der Waals surface area contributed by atoms with Crippen molar-refractivity contribution in [3.05, 3.63) is 31.0 Å². The Bertz CT molecular complexity index is 1130. The van der Waals surface area contributed by atoms with E-state index in [0.29, 0.717) is 35.4 Å². The first-order valence-corrected chi connectivity index (χ1v) is 10.0. The zero-order chi connectivity index (χ0) is 19.2. The summed E-state index contributed by atoms with van der Waals surface area (Å²) < 4.78 is 27.3. The summed E-state index contributed by atoms with van der Waals surface area (Å²) in [5, 5.41) is 17.2. The molecule has 3 aromatic heterocycles. The molecule has 0 unspecified atom stereocenters. The molecular formula is C16H18N6O4S. The molecule has 0 radical (unpaired) electrons. The van der Waals surface area contributed by atoms with Gasteiger partial charge in [-0.05, 0) is 13.0 Å². The number of rotatable bonds is 6. The maximum absolute atomic E-state index is 12.2. The Morgan fingerprint density at radius 1 is 1.37 bits per heavy atom. The average Bonchev–Trinajstić information content (AvgIpc) is 3.25. The Hall–Kier alpha value is -2.79. The van der Waals surface area contributed by atoms with Gasteiger partial charge in [0.25, 0.3) is 0 Å². The van der Waals surface area contributed by atoms with Crippen molar-refractivity contribution in [2.45, 2.75) is 18.9 Å². The number of nitrogens with zero attached hydrogens (tertiary/aromatic N) is 5. The van der Waals surface area contributed by atoms with Gasteiger partial charge in [-0.1, -0.05) is 0 Å². The fourth-order valence-electron chi connectivity index (χ4n) is 3.29. The lowest BCUT2D eigenvalue weighted by Crippen LogP contribution is -2.61. The molecular weight excluding hydrogens is 372 g/mol. The second-order valence-electron chi connectivity index (χ2n) is 6.54. The summed E-state index contributed by atoms with van der Waals surface area (Å²) >= 11 is 0. The Kier molecular flexibility index (Phi) is 4.00. The third-order valence-corrected chi connectivity index (χ3v) is 6.47. The average molecular weight is 390 g/mol. The number of carboxylic acid groups (broad SMARTS) is 1. The van der Waals surface area contributed by atoms with E-state index < -0.39 is 21.5 Å². The van der Waals surface area contributed by atoms with Gasteiger partial charge in [-0.15, -0.1) is 0 Å². The highest BCUT2D eigenvalue weighted by molar-refractivity contribution is 7.90. The molecule has 11 heteroatoms. The molecule has 4 rings (SSSR count). The number of fused-ring (bicyclic) bond motifs is 1. The van der Waals surface area contributed by atoms with Crippen molar-refractivity contribution >= 4 is 27.0 Å². The second kappa shape index (κ2) is 6.13. The van der Waals surface area contributed by atoms with E-state index in [2.05, 4.69) is 20.4 Å². The van der Waals surface area contributed by atoms with Crippen LogP contribution in [0.5, 0.6) is 0 Å². The second-order valence-corrected chi connectivity index (χ2v) is 8.68. The van der Waals surface area contributed by atoms with Gasteiger partial charge in [-0.3, -0.25) is 9.48 Å². The van der Waals surface area contributed by atoms with Crippen molar-refractivity contribution < 1.29 is 18.3 Å². The molecule has 0 spiro atoms. The summed E-state index contributed by atoms with van der Waals surface area (Å²) in [5.41, 5.74) is 0.924. The molecule has 1 aliphatic heterocycles. The molecule has 0 atom stereocenters. The van der Waals surface area contributed by atoms with Gasteiger partial charge in [0, 0.05) is 36.4 Å². The molecule has 0 aromatic carbocycles. The Labute approximate surface area is 154 Å². The van der Waals surface area contributed by atoms with Crippen molar-refractivity contribution in [3.63, 3.8) is 0 Å². The van der Waals surface area contributed by atoms with Crippen LogP contribution >= 0.6 is 0 Å². The van der Waals surface area contributed by atoms with Crippen LogP contribution in [0.3, 0.4) is 0 Å². The van der Waals surface area contributed by atoms with E-state index in [-0.39, 0.29) is 12.2 Å². The summed E-state index contributed by atoms with van der Waals surface area (Å²) in [6, 6.07) is 1.66. The van der Waals surface area contributed by atoms with E-state index in [1.165, 1.54) is 12.5 Å². The molecule has 4 heterocycles. The lowest BCUT2D eigenvalue weighted by Gasteiger charge is -2.41. The normalized spacial score (nSPS) is 16.3. The van der Waals surface area contributed by atoms with Crippen LogP contribution in [0.1, 0.15) is 13.3 Å². The van der Waals surface area contributed by atoms with Crippen LogP contribution in [0.25, 0.3) is 22.3 Å². The predicted octanol–water partition coefficient (Wildman–Crippen LogP) is 0.266. The quantitative estimate of drug-likeness (QED) is 0.613. The molecule has 0 aliphatic carbocycles. The first-order valence-electron chi connectivity index (χ1n) is 8.40. The number of hydrogen-bond acceptors (Lipinski definition) is 7. The van der Waals surface area contributed by atoms with E-state index in [0.717, 1.165) is 3.97 Å². The van der Waals surface area contributed by atoms with Gasteiger partial charge < -0.3 is 10.4 Å². The number of nitrogens with one attached hydrogen (secondary N) is 1. The zero-order valence-corrected chi connectivity index (χ0v) is 15.3. The molecule has 0 bridgehead atoms. The van der Waals surface area contributed by atoms with Gasteiger partial charge in [0.05, 0.1) is 29.6 Å². The zero-order valence-electron chi connectivity index (χ0n) is 14.5. The molecule has 1 fully saturated rings. The highest BCUT2D eigenvalue weighted by atomic mass is 32.2. The standard InChI is InChI=1S/C16H18N6O4S/c1-2-27(25,26)21-4-3-12-14(18-10-19-15(12)21)11-6-20-22(7-11)16(5-13(23)24)8-17-9-16/h3-4,6-7,10,17H,2,5,8-9H2,1H3,(H,23,24). The Morgan fingerprint density at radius 2 is 2.15 bits per heavy atom. The number of carbonyl (C=O) groups is 1. The monoisotopic (exact) mass is 390 g/mol. The van der Waals surface area contributed by atoms with E-state index in [1.807, 2.05) is 0 Å². The molecule has 3 aromatic rings. The number of hydrogen-bond donors (Lipinski definition) is 2. The lowest BCUT2D eigenvalue weighted by molar-refractivity contribution is -0.140. The van der Waals surface area contributed by atoms with E-state index in [9.17, 15) is 18.3 Å². The van der Waals surface area contributed by atoms with Crippen LogP contribution < -0.4 is 5.32 Å². The molecule has 2 N–H and O–H groups in total. The topological polar surface area (TPSA) is 132 Å². The number of carboxylic acids is 1. The molecule has 27 heavy (non-hydrogen) atoms. The minimum atomic E-state index is -3.47. The van der Waals surface area contributed by atoms with E-state index in [1.54, 1.807) is 30.1 Å². The third-order valence-electron chi connectivity index (χ3n) is 4.84. The maximum Gasteiger partial charge on any atom is 0.305 e. The Balaban J connectivity index is 1.78. The molecule has 1 saturated heterocycles. The summed E-state index contributed by atoms with van der Waals surface area (Å²) in [7, 11) is -3.47. The van der Waals surface area contributed by atoms with Crippen molar-refractivity contribution in [3.8, 4) is 11.3 Å². The SMILES string of the molecule is CCS(=O)(=O)n1ccc2c(-c3cnn(C4(CC(=O)O)CNC4)c3)ncnc21. The van der Waals surface area contributed by atoms with Crippen molar-refractivity contribution in [1.82, 2.24) is 29.0 Å². The summed E-state index contributed by atoms with van der Waals surface area (Å²) in [4.78, 5) is 19.6. The largest absolute Gasteiger partial charge is 0.481 e. The summed E-state index contributed by atoms with van der Waals surface area (Å²) in [6.45, 7) is 2.61. The maximum atomic E-state index is 12.2. The van der Waals surface area contributed by atoms with Gasteiger partial charge in [0.2, 0.25) is 10.0 Å². The van der Waals surface area contributed by atoms with Crippen LogP contribution in [0.2, 0.25) is 0 Å². The van der Waals surface area contributed by atoms with Crippen molar-refractivity contribution in [1.29, 1.82) is 0 Å². The molecule has 10 nitrogen and oxygen atoms in total. The van der Waals surface area contributed by atoms with E-state index in [4.69, 9.17) is 0 Å². The minimum Gasteiger partial charge on any atom is -0.481 e. The predicted molar refractivity (Wildman–Crippen MR) is 96.7 cm³/mol. The number of aliphatic carboxylic acids is 1. The Morgan fingerprint density at radius 3 is 2.78 bits per heavy atom. The van der Waals surface area contributed by atoms with Gasteiger partial charge >= 0.3 is 5.97 Å². The minimum absolute atomic E-state index is 0.0363. The molecule has 0 saturated carbocycles.